The zero-order chi connectivity index (χ0) is 15.5. The molecule has 0 spiro atoms. The maximum atomic E-state index is 14.1. The van der Waals surface area contributed by atoms with Crippen LogP contribution in [-0.4, -0.2) is 16.5 Å². The lowest BCUT2D eigenvalue weighted by Crippen LogP contribution is -1.99. The molecule has 0 radical (unpaired) electrons. The molecule has 0 unspecified atom stereocenters. The molecule has 0 bridgehead atoms. The molecule has 0 atom stereocenters. The second-order valence-electron chi connectivity index (χ2n) is 5.61. The topological polar surface area (TPSA) is 54.7 Å². The highest BCUT2D eigenvalue weighted by Crippen LogP contribution is 2.31. The highest BCUT2D eigenvalue weighted by molar-refractivity contribution is 5.90. The Morgan fingerprint density at radius 1 is 1.18 bits per heavy atom. The van der Waals surface area contributed by atoms with Gasteiger partial charge < -0.3 is 10.7 Å². The second-order valence-corrected chi connectivity index (χ2v) is 5.61. The molecule has 0 aliphatic rings. The van der Waals surface area contributed by atoms with Crippen LogP contribution in [0.2, 0.25) is 0 Å². The van der Waals surface area contributed by atoms with E-state index in [9.17, 15) is 4.39 Å². The van der Waals surface area contributed by atoms with Crippen LogP contribution in [0.15, 0.2) is 36.5 Å². The Bertz CT molecular complexity index is 775. The summed E-state index contributed by atoms with van der Waals surface area (Å²) in [5, 5.41) is 0.939. The summed E-state index contributed by atoms with van der Waals surface area (Å²) >= 11 is 0. The number of benzene rings is 1. The van der Waals surface area contributed by atoms with Crippen LogP contribution in [0.25, 0.3) is 22.3 Å². The van der Waals surface area contributed by atoms with E-state index in [-0.39, 0.29) is 5.82 Å². The van der Waals surface area contributed by atoms with Gasteiger partial charge in [-0.1, -0.05) is 18.2 Å². The average Bonchev–Trinajstić information content (AvgIpc) is 2.89. The molecule has 0 aliphatic heterocycles. The van der Waals surface area contributed by atoms with E-state index in [1.807, 2.05) is 31.3 Å². The molecular formula is C18H20FN3. The van der Waals surface area contributed by atoms with Crippen LogP contribution in [0.3, 0.4) is 0 Å². The number of halogens is 1. The molecule has 4 heteroatoms. The third-order valence-corrected chi connectivity index (χ3v) is 3.94. The Hall–Kier alpha value is -2.20. The Morgan fingerprint density at radius 3 is 2.77 bits per heavy atom. The predicted molar refractivity (Wildman–Crippen MR) is 88.2 cm³/mol. The number of fused-ring (bicyclic) bond motifs is 1. The largest absolute Gasteiger partial charge is 0.351 e. The Labute approximate surface area is 129 Å². The van der Waals surface area contributed by atoms with Gasteiger partial charge in [-0.25, -0.2) is 4.39 Å². The van der Waals surface area contributed by atoms with Crippen LogP contribution in [0.5, 0.6) is 0 Å². The molecule has 0 fully saturated rings. The van der Waals surface area contributed by atoms with Gasteiger partial charge in [0.25, 0.3) is 0 Å². The van der Waals surface area contributed by atoms with Crippen molar-refractivity contribution in [3.8, 4) is 11.4 Å². The number of nitrogens with zero attached hydrogens (tertiary/aromatic N) is 1. The van der Waals surface area contributed by atoms with Gasteiger partial charge in [0.1, 0.15) is 5.82 Å². The van der Waals surface area contributed by atoms with E-state index in [2.05, 4.69) is 9.97 Å². The number of para-hydroxylation sites is 1. The SMILES string of the molecule is Cc1ccc(-c2[nH]c3c(F)cccc3c2CCCCN)nc1. The molecule has 3 N–H and O–H groups in total. The standard InChI is InChI=1S/C18H20FN3/c1-12-8-9-16(21-11-12)18-14(5-2-3-10-20)13-6-4-7-15(19)17(13)22-18/h4,6-9,11,22H,2-3,5,10,20H2,1H3. The third kappa shape index (κ3) is 2.74. The monoisotopic (exact) mass is 297 g/mol. The van der Waals surface area contributed by atoms with E-state index in [0.29, 0.717) is 12.1 Å². The maximum absolute atomic E-state index is 14.1. The summed E-state index contributed by atoms with van der Waals surface area (Å²) in [7, 11) is 0. The van der Waals surface area contributed by atoms with Crippen molar-refractivity contribution in [1.82, 2.24) is 9.97 Å². The van der Waals surface area contributed by atoms with E-state index in [4.69, 9.17) is 5.73 Å². The Morgan fingerprint density at radius 2 is 2.05 bits per heavy atom. The smallest absolute Gasteiger partial charge is 0.147 e. The van der Waals surface area contributed by atoms with Crippen LogP contribution in [-0.2, 0) is 6.42 Å². The third-order valence-electron chi connectivity index (χ3n) is 3.94. The number of unbranched alkanes of at least 4 members (excludes halogenated alkanes) is 1. The van der Waals surface area contributed by atoms with Gasteiger partial charge in [0.2, 0.25) is 0 Å². The number of hydrogen-bond donors (Lipinski definition) is 2. The van der Waals surface area contributed by atoms with Gasteiger partial charge in [-0.2, -0.15) is 0 Å². The number of aromatic amines is 1. The number of nitrogens with two attached hydrogens (primary N) is 1. The minimum Gasteiger partial charge on any atom is -0.351 e. The first-order valence-electron chi connectivity index (χ1n) is 7.63. The number of pyridine rings is 1. The zero-order valence-electron chi connectivity index (χ0n) is 12.7. The molecule has 2 aromatic heterocycles. The second kappa shape index (κ2) is 6.28. The summed E-state index contributed by atoms with van der Waals surface area (Å²) < 4.78 is 14.1. The zero-order valence-corrected chi connectivity index (χ0v) is 12.7. The van der Waals surface area contributed by atoms with Crippen molar-refractivity contribution >= 4 is 10.9 Å². The number of hydrogen-bond acceptors (Lipinski definition) is 2. The summed E-state index contributed by atoms with van der Waals surface area (Å²) in [5.41, 5.74) is 10.1. The van der Waals surface area contributed by atoms with Crippen molar-refractivity contribution in [1.29, 1.82) is 0 Å². The minimum absolute atomic E-state index is 0.226. The van der Waals surface area contributed by atoms with Gasteiger partial charge in [0.05, 0.1) is 16.9 Å². The van der Waals surface area contributed by atoms with Crippen LogP contribution in [0, 0.1) is 12.7 Å². The van der Waals surface area contributed by atoms with Crippen LogP contribution in [0.1, 0.15) is 24.0 Å². The first-order valence-corrected chi connectivity index (χ1v) is 7.63. The molecule has 114 valence electrons. The number of H-pyrrole nitrogens is 1. The van der Waals surface area contributed by atoms with Gasteiger partial charge in [0.15, 0.2) is 0 Å². The molecule has 22 heavy (non-hydrogen) atoms. The number of aromatic nitrogens is 2. The molecule has 3 rings (SSSR count). The van der Waals surface area contributed by atoms with Crippen molar-refractivity contribution in [2.45, 2.75) is 26.2 Å². The minimum atomic E-state index is -0.226. The summed E-state index contributed by atoms with van der Waals surface area (Å²) in [6, 6.07) is 9.20. The van der Waals surface area contributed by atoms with Crippen molar-refractivity contribution < 1.29 is 4.39 Å². The quantitative estimate of drug-likeness (QED) is 0.700. The van der Waals surface area contributed by atoms with Crippen molar-refractivity contribution in [3.63, 3.8) is 0 Å². The maximum Gasteiger partial charge on any atom is 0.147 e. The number of aryl methyl sites for hydroxylation is 2. The Balaban J connectivity index is 2.12. The lowest BCUT2D eigenvalue weighted by molar-refractivity contribution is 0.637. The van der Waals surface area contributed by atoms with Gasteiger partial charge in [-0.3, -0.25) is 4.98 Å². The first kappa shape index (κ1) is 14.7. The highest BCUT2D eigenvalue weighted by Gasteiger charge is 2.15. The van der Waals surface area contributed by atoms with E-state index < -0.39 is 0 Å². The molecule has 0 amide bonds. The van der Waals surface area contributed by atoms with Crippen LogP contribution >= 0.6 is 0 Å². The van der Waals surface area contributed by atoms with E-state index in [0.717, 1.165) is 47.2 Å². The van der Waals surface area contributed by atoms with Gasteiger partial charge in [-0.05, 0) is 56.0 Å². The number of nitrogens with one attached hydrogen (secondary N) is 1. The Kier molecular flexibility index (Phi) is 4.20. The molecule has 1 aromatic carbocycles. The fraction of sp³-hybridized carbons (Fsp3) is 0.278. The molecule has 0 saturated heterocycles. The first-order chi connectivity index (χ1) is 10.7. The van der Waals surface area contributed by atoms with E-state index in [1.54, 1.807) is 6.07 Å². The molecule has 0 saturated carbocycles. The van der Waals surface area contributed by atoms with Gasteiger partial charge >= 0.3 is 0 Å². The van der Waals surface area contributed by atoms with Gasteiger partial charge in [0, 0.05) is 11.6 Å². The lowest BCUT2D eigenvalue weighted by atomic mass is 10.0. The normalized spacial score (nSPS) is 11.2. The molecular weight excluding hydrogens is 277 g/mol. The lowest BCUT2D eigenvalue weighted by Gasteiger charge is -2.05. The van der Waals surface area contributed by atoms with E-state index in [1.165, 1.54) is 6.07 Å². The van der Waals surface area contributed by atoms with Gasteiger partial charge in [-0.15, -0.1) is 0 Å². The summed E-state index contributed by atoms with van der Waals surface area (Å²) in [6.07, 6.45) is 4.65. The predicted octanol–water partition coefficient (Wildman–Crippen LogP) is 3.96. The molecule has 3 nitrogen and oxygen atoms in total. The average molecular weight is 297 g/mol. The summed E-state index contributed by atoms with van der Waals surface area (Å²) in [5.74, 6) is -0.226. The van der Waals surface area contributed by atoms with Crippen LogP contribution < -0.4 is 5.73 Å². The summed E-state index contributed by atoms with van der Waals surface area (Å²) in [6.45, 7) is 2.68. The summed E-state index contributed by atoms with van der Waals surface area (Å²) in [4.78, 5) is 7.71. The van der Waals surface area contributed by atoms with E-state index >= 15 is 0 Å². The molecule has 2 heterocycles. The fourth-order valence-electron chi connectivity index (χ4n) is 2.78. The molecule has 3 aromatic rings. The highest BCUT2D eigenvalue weighted by atomic mass is 19.1. The van der Waals surface area contributed by atoms with Crippen molar-refractivity contribution in [2.75, 3.05) is 6.54 Å². The van der Waals surface area contributed by atoms with Crippen LogP contribution in [0.4, 0.5) is 4.39 Å². The number of rotatable bonds is 5. The van der Waals surface area contributed by atoms with Crippen molar-refractivity contribution in [2.24, 2.45) is 5.73 Å². The van der Waals surface area contributed by atoms with Crippen molar-refractivity contribution in [3.05, 3.63) is 53.5 Å². The molecule has 0 aliphatic carbocycles. The fourth-order valence-corrected chi connectivity index (χ4v) is 2.78.